The smallest absolute Gasteiger partial charge is 0.213 e. The second-order valence-electron chi connectivity index (χ2n) is 5.18. The molecule has 7 heteroatoms. The van der Waals surface area contributed by atoms with Crippen molar-refractivity contribution in [1.82, 2.24) is 14.9 Å². The number of morpholine rings is 1. The van der Waals surface area contributed by atoms with E-state index < -0.39 is 10.0 Å². The molecule has 2 aliphatic rings. The topological polar surface area (TPSA) is 70.7 Å². The third kappa shape index (κ3) is 4.47. The van der Waals surface area contributed by atoms with Gasteiger partial charge < -0.3 is 15.0 Å². The first-order valence-corrected chi connectivity index (χ1v) is 8.21. The molecule has 6 nitrogen and oxygen atoms in total. The van der Waals surface area contributed by atoms with E-state index in [0.717, 1.165) is 32.5 Å². The number of nitrogens with one attached hydrogen (secondary N) is 2. The Morgan fingerprint density at radius 2 is 2.33 bits per heavy atom. The third-order valence-corrected chi connectivity index (χ3v) is 4.90. The first kappa shape index (κ1) is 14.2. The van der Waals surface area contributed by atoms with Crippen molar-refractivity contribution in [1.29, 1.82) is 0 Å². The molecule has 2 aliphatic heterocycles. The van der Waals surface area contributed by atoms with Crippen LogP contribution in [0.3, 0.4) is 0 Å². The summed E-state index contributed by atoms with van der Waals surface area (Å²) in [4.78, 5) is 2.15. The van der Waals surface area contributed by atoms with E-state index in [1.165, 1.54) is 0 Å². The average Bonchev–Trinajstić information content (AvgIpc) is 2.79. The van der Waals surface area contributed by atoms with E-state index in [2.05, 4.69) is 14.9 Å². The molecule has 0 aliphatic carbocycles. The summed E-state index contributed by atoms with van der Waals surface area (Å²) >= 11 is 0. The molecule has 0 aromatic heterocycles. The second-order valence-corrected chi connectivity index (χ2v) is 7.03. The molecule has 0 aromatic rings. The summed E-state index contributed by atoms with van der Waals surface area (Å²) in [5.74, 6) is 0.176. The molecule has 0 spiro atoms. The zero-order chi connectivity index (χ0) is 13.0. The number of rotatable bonds is 5. The van der Waals surface area contributed by atoms with Gasteiger partial charge in [-0.25, -0.2) is 13.1 Å². The number of sulfonamides is 1. The molecular formula is C11H23N3O3S. The normalized spacial score (nSPS) is 30.7. The van der Waals surface area contributed by atoms with Crippen LogP contribution in [0.4, 0.5) is 0 Å². The quantitative estimate of drug-likeness (QED) is 0.674. The lowest BCUT2D eigenvalue weighted by Crippen LogP contribution is -2.47. The Labute approximate surface area is 109 Å². The van der Waals surface area contributed by atoms with Gasteiger partial charge in [0.05, 0.1) is 18.5 Å². The Hall–Kier alpha value is -0.210. The molecule has 2 rings (SSSR count). The lowest BCUT2D eigenvalue weighted by molar-refractivity contribution is -0.0156. The van der Waals surface area contributed by atoms with Gasteiger partial charge in [-0.05, 0) is 26.4 Å². The van der Waals surface area contributed by atoms with Gasteiger partial charge in [-0.1, -0.05) is 0 Å². The Balaban J connectivity index is 1.73. The van der Waals surface area contributed by atoms with Gasteiger partial charge in [0.1, 0.15) is 0 Å². The van der Waals surface area contributed by atoms with E-state index in [4.69, 9.17) is 4.74 Å². The van der Waals surface area contributed by atoms with Gasteiger partial charge in [0.25, 0.3) is 0 Å². The molecule has 0 amide bonds. The molecule has 0 aromatic carbocycles. The molecular weight excluding hydrogens is 254 g/mol. The molecule has 2 fully saturated rings. The van der Waals surface area contributed by atoms with Crippen LogP contribution >= 0.6 is 0 Å². The van der Waals surface area contributed by atoms with Crippen LogP contribution in [0.5, 0.6) is 0 Å². The predicted octanol–water partition coefficient (Wildman–Crippen LogP) is -1.01. The van der Waals surface area contributed by atoms with E-state index in [-0.39, 0.29) is 17.9 Å². The van der Waals surface area contributed by atoms with Gasteiger partial charge in [0.2, 0.25) is 10.0 Å². The summed E-state index contributed by atoms with van der Waals surface area (Å²) in [6, 6.07) is 0.109. The van der Waals surface area contributed by atoms with E-state index in [9.17, 15) is 8.42 Å². The number of hydrogen-bond donors (Lipinski definition) is 2. The number of hydrogen-bond acceptors (Lipinski definition) is 5. The summed E-state index contributed by atoms with van der Waals surface area (Å²) in [6.45, 7) is 3.67. The molecule has 0 bridgehead atoms. The highest BCUT2D eigenvalue weighted by molar-refractivity contribution is 7.89. The van der Waals surface area contributed by atoms with Crippen molar-refractivity contribution in [3.63, 3.8) is 0 Å². The van der Waals surface area contributed by atoms with Crippen molar-refractivity contribution in [3.05, 3.63) is 0 Å². The summed E-state index contributed by atoms with van der Waals surface area (Å²) in [7, 11) is -1.17. The first-order valence-electron chi connectivity index (χ1n) is 6.56. The van der Waals surface area contributed by atoms with Crippen molar-refractivity contribution in [2.24, 2.45) is 0 Å². The number of ether oxygens (including phenoxy) is 1. The molecule has 2 N–H and O–H groups in total. The monoisotopic (exact) mass is 277 g/mol. The maximum atomic E-state index is 11.9. The van der Waals surface area contributed by atoms with Crippen molar-refractivity contribution in [2.75, 3.05) is 45.6 Å². The fraction of sp³-hybridized carbons (Fsp3) is 1.00. The molecule has 2 atom stereocenters. The summed E-state index contributed by atoms with van der Waals surface area (Å²) < 4.78 is 32.0. The van der Waals surface area contributed by atoms with Crippen molar-refractivity contribution in [2.45, 2.75) is 25.0 Å². The van der Waals surface area contributed by atoms with Crippen LogP contribution in [0, 0.1) is 0 Å². The van der Waals surface area contributed by atoms with Crippen LogP contribution in [0.2, 0.25) is 0 Å². The molecule has 0 saturated carbocycles. The molecule has 106 valence electrons. The number of nitrogens with zero attached hydrogens (tertiary/aromatic N) is 1. The number of likely N-dealkylation sites (N-methyl/N-ethyl adjacent to an activating group) is 1. The molecule has 2 saturated heterocycles. The van der Waals surface area contributed by atoms with Gasteiger partial charge in [0, 0.05) is 25.7 Å². The molecule has 2 heterocycles. The first-order chi connectivity index (χ1) is 8.55. The maximum absolute atomic E-state index is 11.9. The van der Waals surface area contributed by atoms with Crippen molar-refractivity contribution < 1.29 is 13.2 Å². The third-order valence-electron chi connectivity index (χ3n) is 3.46. The maximum Gasteiger partial charge on any atom is 0.213 e. The standard InChI is InChI=1S/C11H23N3O3S/c1-14-5-6-17-11(8-14)7-13-18(15,16)9-10-3-2-4-12-10/h10-13H,2-9H2,1H3. The average molecular weight is 277 g/mol. The van der Waals surface area contributed by atoms with Crippen molar-refractivity contribution >= 4 is 10.0 Å². The molecule has 18 heavy (non-hydrogen) atoms. The van der Waals surface area contributed by atoms with Crippen LogP contribution < -0.4 is 10.0 Å². The van der Waals surface area contributed by atoms with Gasteiger partial charge >= 0.3 is 0 Å². The minimum Gasteiger partial charge on any atom is -0.374 e. The fourth-order valence-electron chi connectivity index (χ4n) is 2.43. The van der Waals surface area contributed by atoms with Crippen LogP contribution in [0.15, 0.2) is 0 Å². The van der Waals surface area contributed by atoms with Crippen molar-refractivity contribution in [3.8, 4) is 0 Å². The van der Waals surface area contributed by atoms with E-state index in [1.807, 2.05) is 7.05 Å². The summed E-state index contributed by atoms with van der Waals surface area (Å²) in [6.07, 6.45) is 1.98. The lowest BCUT2D eigenvalue weighted by atomic mass is 10.3. The lowest BCUT2D eigenvalue weighted by Gasteiger charge is -2.30. The highest BCUT2D eigenvalue weighted by atomic mass is 32.2. The zero-order valence-corrected chi connectivity index (χ0v) is 11.7. The van der Waals surface area contributed by atoms with Gasteiger partial charge in [0.15, 0.2) is 0 Å². The minimum absolute atomic E-state index is 0.0323. The Bertz CT molecular complexity index is 355. The fourth-order valence-corrected chi connectivity index (χ4v) is 3.80. The SMILES string of the molecule is CN1CCOC(CNS(=O)(=O)CC2CCCN2)C1. The molecule has 0 radical (unpaired) electrons. The highest BCUT2D eigenvalue weighted by Gasteiger charge is 2.24. The van der Waals surface area contributed by atoms with Crippen LogP contribution in [0.25, 0.3) is 0 Å². The van der Waals surface area contributed by atoms with Gasteiger partial charge in [-0.3, -0.25) is 0 Å². The Morgan fingerprint density at radius 1 is 1.50 bits per heavy atom. The molecule has 2 unspecified atom stereocenters. The largest absolute Gasteiger partial charge is 0.374 e. The highest BCUT2D eigenvalue weighted by Crippen LogP contribution is 2.07. The van der Waals surface area contributed by atoms with E-state index in [1.54, 1.807) is 0 Å². The van der Waals surface area contributed by atoms with Crippen LogP contribution in [-0.2, 0) is 14.8 Å². The summed E-state index contributed by atoms with van der Waals surface area (Å²) in [5, 5.41) is 3.20. The summed E-state index contributed by atoms with van der Waals surface area (Å²) in [5.41, 5.74) is 0. The Morgan fingerprint density at radius 3 is 3.00 bits per heavy atom. The van der Waals surface area contributed by atoms with Gasteiger partial charge in [-0.15, -0.1) is 0 Å². The van der Waals surface area contributed by atoms with Crippen LogP contribution in [0.1, 0.15) is 12.8 Å². The van der Waals surface area contributed by atoms with Gasteiger partial charge in [-0.2, -0.15) is 0 Å². The van der Waals surface area contributed by atoms with Crippen LogP contribution in [-0.4, -0.2) is 71.0 Å². The predicted molar refractivity (Wildman–Crippen MR) is 70.1 cm³/mol. The van der Waals surface area contributed by atoms with E-state index in [0.29, 0.717) is 13.2 Å². The minimum atomic E-state index is -3.19. The van der Waals surface area contributed by atoms with E-state index >= 15 is 0 Å². The Kier molecular flexibility index (Phi) is 4.97. The second kappa shape index (κ2) is 6.29. The zero-order valence-electron chi connectivity index (χ0n) is 10.9.